The first-order chi connectivity index (χ1) is 14.0. The van der Waals surface area contributed by atoms with Gasteiger partial charge in [-0.1, -0.05) is 17.3 Å². The highest BCUT2D eigenvalue weighted by Crippen LogP contribution is 2.38. The molecule has 0 unspecified atom stereocenters. The van der Waals surface area contributed by atoms with Crippen molar-refractivity contribution in [1.82, 2.24) is 19.9 Å². The van der Waals surface area contributed by atoms with Crippen molar-refractivity contribution < 1.29 is 22.8 Å². The number of methoxy groups -OCH3 is 1. The Morgan fingerprint density at radius 2 is 2.28 bits per heavy atom. The number of hydrogen-bond acceptors (Lipinski definition) is 6. The molecule has 0 N–H and O–H groups in total. The Hall–Kier alpha value is -2.94. The van der Waals surface area contributed by atoms with Gasteiger partial charge in [0.1, 0.15) is 0 Å². The van der Waals surface area contributed by atoms with Gasteiger partial charge in [0.2, 0.25) is 5.82 Å². The molecule has 1 aromatic carbocycles. The summed E-state index contributed by atoms with van der Waals surface area (Å²) in [5.74, 6) is -0.368. The minimum absolute atomic E-state index is 0.0512. The van der Waals surface area contributed by atoms with Gasteiger partial charge in [-0.15, -0.1) is 0 Å². The molecule has 0 saturated heterocycles. The first-order valence-electron chi connectivity index (χ1n) is 9.34. The number of carbonyl (C=O) groups is 1. The van der Waals surface area contributed by atoms with Crippen molar-refractivity contribution in [3.8, 4) is 11.4 Å². The lowest BCUT2D eigenvalue weighted by Crippen LogP contribution is -2.06. The van der Waals surface area contributed by atoms with Crippen molar-refractivity contribution >= 4 is 5.78 Å². The number of halogens is 2. The van der Waals surface area contributed by atoms with Crippen LogP contribution < -0.4 is 0 Å². The van der Waals surface area contributed by atoms with Gasteiger partial charge in [-0.2, -0.15) is 18.9 Å². The van der Waals surface area contributed by atoms with Crippen molar-refractivity contribution in [3.63, 3.8) is 0 Å². The van der Waals surface area contributed by atoms with E-state index in [1.807, 2.05) is 12.1 Å². The average Bonchev–Trinajstić information content (AvgIpc) is 3.45. The molecule has 0 radical (unpaired) electrons. The highest BCUT2D eigenvalue weighted by atomic mass is 19.3. The Morgan fingerprint density at radius 3 is 3.03 bits per heavy atom. The second kappa shape index (κ2) is 8.20. The van der Waals surface area contributed by atoms with E-state index in [0.717, 1.165) is 24.0 Å². The van der Waals surface area contributed by atoms with E-state index in [-0.39, 0.29) is 17.5 Å². The molecule has 2 heterocycles. The Kier molecular flexibility index (Phi) is 5.48. The van der Waals surface area contributed by atoms with Crippen molar-refractivity contribution in [2.45, 2.75) is 38.2 Å². The molecule has 0 amide bonds. The van der Waals surface area contributed by atoms with Crippen LogP contribution in [0.1, 0.15) is 52.6 Å². The van der Waals surface area contributed by atoms with E-state index in [1.165, 1.54) is 0 Å². The van der Waals surface area contributed by atoms with Crippen LogP contribution in [0, 0.1) is 0 Å². The fraction of sp³-hybridized carbons (Fsp3) is 0.400. The van der Waals surface area contributed by atoms with E-state index >= 15 is 0 Å². The lowest BCUT2D eigenvalue weighted by Gasteiger charge is -2.10. The monoisotopic (exact) mass is 402 g/mol. The number of Topliss-reactive ketones (excluding diaryl/α,β-unsaturated/α-hetero) is 1. The Balaban J connectivity index is 1.46. The van der Waals surface area contributed by atoms with Gasteiger partial charge in [0, 0.05) is 25.3 Å². The molecule has 0 saturated carbocycles. The molecule has 152 valence electrons. The number of aryl methyl sites for hydroxylation is 1. The van der Waals surface area contributed by atoms with Gasteiger partial charge in [0.15, 0.2) is 5.78 Å². The predicted octanol–water partition coefficient (Wildman–Crippen LogP) is 3.82. The van der Waals surface area contributed by atoms with Crippen LogP contribution in [0.15, 0.2) is 35.1 Å². The third-order valence-electron chi connectivity index (χ3n) is 5.14. The molecule has 0 aliphatic heterocycles. The molecule has 7 nitrogen and oxygen atoms in total. The van der Waals surface area contributed by atoms with E-state index in [1.54, 1.807) is 30.3 Å². The van der Waals surface area contributed by atoms with Gasteiger partial charge in [-0.25, -0.2) is 0 Å². The van der Waals surface area contributed by atoms with Crippen molar-refractivity contribution in [3.05, 3.63) is 53.2 Å². The van der Waals surface area contributed by atoms with Crippen molar-refractivity contribution in [2.24, 2.45) is 0 Å². The van der Waals surface area contributed by atoms with Gasteiger partial charge in [0.05, 0.1) is 24.9 Å². The average molecular weight is 402 g/mol. The number of fused-ring (bicyclic) bond motifs is 1. The van der Waals surface area contributed by atoms with Crippen LogP contribution in [0.4, 0.5) is 8.78 Å². The minimum atomic E-state index is -2.79. The predicted molar refractivity (Wildman–Crippen MR) is 98.8 cm³/mol. The van der Waals surface area contributed by atoms with Crippen LogP contribution in [0.3, 0.4) is 0 Å². The number of nitrogens with zero attached hydrogens (tertiary/aromatic N) is 4. The fourth-order valence-electron chi connectivity index (χ4n) is 3.65. The van der Waals surface area contributed by atoms with Gasteiger partial charge in [-0.3, -0.25) is 9.48 Å². The number of aromatic nitrogens is 4. The fourth-order valence-corrected chi connectivity index (χ4v) is 3.65. The first kappa shape index (κ1) is 19.4. The lowest BCUT2D eigenvalue weighted by atomic mass is 9.93. The van der Waals surface area contributed by atoms with Crippen LogP contribution in [-0.4, -0.2) is 39.4 Å². The summed E-state index contributed by atoms with van der Waals surface area (Å²) in [5, 5.41) is 7.82. The maximum absolute atomic E-state index is 12.7. The van der Waals surface area contributed by atoms with E-state index in [2.05, 4.69) is 19.8 Å². The molecule has 29 heavy (non-hydrogen) atoms. The molecule has 0 spiro atoms. The maximum atomic E-state index is 12.7. The quantitative estimate of drug-likeness (QED) is 0.533. The first-order valence-corrected chi connectivity index (χ1v) is 9.34. The Bertz CT molecular complexity index is 1010. The third kappa shape index (κ3) is 4.09. The minimum Gasteiger partial charge on any atom is -0.383 e. The summed E-state index contributed by atoms with van der Waals surface area (Å²) in [6.45, 7) is 1.13. The molecule has 3 aromatic rings. The number of ether oxygens (including phenoxy) is 1. The molecule has 0 fully saturated rings. The smallest absolute Gasteiger partial charge is 0.315 e. The lowest BCUT2D eigenvalue weighted by molar-refractivity contribution is 0.0973. The van der Waals surface area contributed by atoms with E-state index in [0.29, 0.717) is 30.7 Å². The van der Waals surface area contributed by atoms with Crippen LogP contribution in [-0.2, 0) is 17.7 Å². The van der Waals surface area contributed by atoms with Crippen molar-refractivity contribution in [2.75, 3.05) is 13.7 Å². The molecule has 1 aliphatic rings. The highest BCUT2D eigenvalue weighted by Gasteiger charge is 2.27. The van der Waals surface area contributed by atoms with E-state index in [9.17, 15) is 13.6 Å². The summed E-state index contributed by atoms with van der Waals surface area (Å²) >= 11 is 0. The van der Waals surface area contributed by atoms with Gasteiger partial charge >= 0.3 is 6.43 Å². The van der Waals surface area contributed by atoms with Gasteiger partial charge in [0.25, 0.3) is 5.89 Å². The maximum Gasteiger partial charge on any atom is 0.315 e. The molecule has 1 aliphatic carbocycles. The van der Waals surface area contributed by atoms with Crippen LogP contribution >= 0.6 is 0 Å². The Morgan fingerprint density at radius 1 is 1.41 bits per heavy atom. The largest absolute Gasteiger partial charge is 0.383 e. The number of rotatable bonds is 8. The van der Waals surface area contributed by atoms with Crippen LogP contribution in [0.2, 0.25) is 0 Å². The second-order valence-electron chi connectivity index (χ2n) is 7.02. The van der Waals surface area contributed by atoms with Gasteiger partial charge < -0.3 is 9.26 Å². The molecular weight excluding hydrogens is 382 g/mol. The molecular formula is C20H20F2N4O3. The van der Waals surface area contributed by atoms with Gasteiger partial charge in [-0.05, 0) is 36.0 Å². The SMILES string of the molecule is COCCn1cc(C(=O)C[C@@H]2CCc3cc(-c4noc(C(F)F)n4)ccc32)cn1. The zero-order valence-corrected chi connectivity index (χ0v) is 15.8. The van der Waals surface area contributed by atoms with E-state index in [4.69, 9.17) is 4.74 Å². The second-order valence-corrected chi connectivity index (χ2v) is 7.02. The summed E-state index contributed by atoms with van der Waals surface area (Å²) in [6.07, 6.45) is 2.62. The molecule has 2 aromatic heterocycles. The zero-order valence-electron chi connectivity index (χ0n) is 15.8. The van der Waals surface area contributed by atoms with Crippen LogP contribution in [0.5, 0.6) is 0 Å². The molecule has 0 bridgehead atoms. The topological polar surface area (TPSA) is 83.0 Å². The molecule has 4 rings (SSSR count). The number of benzene rings is 1. The zero-order chi connectivity index (χ0) is 20.4. The standard InChI is InChI=1S/C20H20F2N4O3/c1-28-7-6-26-11-15(10-23-26)17(27)9-13-3-2-12-8-14(4-5-16(12)13)19-24-20(18(21)22)29-25-19/h4-5,8,10-11,13,18H,2-3,6-7,9H2,1H3/t13-/m0/s1. The third-order valence-corrected chi connectivity index (χ3v) is 5.14. The van der Waals surface area contributed by atoms with Crippen molar-refractivity contribution in [1.29, 1.82) is 0 Å². The number of hydrogen-bond donors (Lipinski definition) is 0. The van der Waals surface area contributed by atoms with Crippen LogP contribution in [0.25, 0.3) is 11.4 Å². The molecule has 9 heteroatoms. The number of carbonyl (C=O) groups excluding carboxylic acids is 1. The highest BCUT2D eigenvalue weighted by molar-refractivity contribution is 5.96. The van der Waals surface area contributed by atoms with E-state index < -0.39 is 12.3 Å². The normalized spacial score (nSPS) is 15.8. The summed E-state index contributed by atoms with van der Waals surface area (Å²) in [6, 6.07) is 5.60. The molecule has 1 atom stereocenters. The summed E-state index contributed by atoms with van der Waals surface area (Å²) < 4.78 is 36.6. The summed E-state index contributed by atoms with van der Waals surface area (Å²) in [5.41, 5.74) is 3.41. The number of alkyl halides is 2. The Labute approximate surface area is 165 Å². The summed E-state index contributed by atoms with van der Waals surface area (Å²) in [4.78, 5) is 16.4. The summed E-state index contributed by atoms with van der Waals surface area (Å²) in [7, 11) is 1.62. The number of ketones is 1.